The Morgan fingerprint density at radius 3 is 1.95 bits per heavy atom. The summed E-state index contributed by atoms with van der Waals surface area (Å²) in [5, 5.41) is 0. The summed E-state index contributed by atoms with van der Waals surface area (Å²) in [6.07, 6.45) is 4.08. The lowest BCUT2D eigenvalue weighted by Crippen LogP contribution is -2.62. The van der Waals surface area contributed by atoms with Crippen molar-refractivity contribution in [1.29, 1.82) is 0 Å². The average Bonchev–Trinajstić information content (AvgIpc) is 2.39. The molecular formula is C16H30N2O2. The monoisotopic (exact) mass is 282 g/mol. The predicted molar refractivity (Wildman–Crippen MR) is 80.8 cm³/mol. The third kappa shape index (κ3) is 2.67. The van der Waals surface area contributed by atoms with Gasteiger partial charge < -0.3 is 9.64 Å². The number of hydrogen-bond donors (Lipinski definition) is 0. The minimum absolute atomic E-state index is 0.0652. The molecule has 0 radical (unpaired) electrons. The van der Waals surface area contributed by atoms with Crippen LogP contribution in [0.1, 0.15) is 60.3 Å². The van der Waals surface area contributed by atoms with E-state index < -0.39 is 5.60 Å². The van der Waals surface area contributed by atoms with E-state index in [2.05, 4.69) is 32.8 Å². The Labute approximate surface area is 123 Å². The number of carbonyl (C=O) groups is 1. The van der Waals surface area contributed by atoms with Crippen LogP contribution < -0.4 is 0 Å². The van der Waals surface area contributed by atoms with E-state index in [-0.39, 0.29) is 17.2 Å². The van der Waals surface area contributed by atoms with Crippen LogP contribution in [0.25, 0.3) is 0 Å². The molecule has 2 bridgehead atoms. The summed E-state index contributed by atoms with van der Waals surface area (Å²) in [4.78, 5) is 17.0. The zero-order valence-corrected chi connectivity index (χ0v) is 14.1. The molecule has 2 rings (SSSR count). The zero-order chi connectivity index (χ0) is 15.3. The fourth-order valence-electron chi connectivity index (χ4n) is 4.00. The lowest BCUT2D eigenvalue weighted by Gasteiger charge is -2.52. The van der Waals surface area contributed by atoms with Gasteiger partial charge in [0, 0.05) is 17.1 Å². The van der Waals surface area contributed by atoms with Gasteiger partial charge in [-0.25, -0.2) is 4.79 Å². The Morgan fingerprint density at radius 1 is 1.15 bits per heavy atom. The normalized spacial score (nSPS) is 37.4. The van der Waals surface area contributed by atoms with E-state index in [4.69, 9.17) is 4.74 Å². The molecule has 1 amide bonds. The van der Waals surface area contributed by atoms with Crippen molar-refractivity contribution in [3.05, 3.63) is 0 Å². The van der Waals surface area contributed by atoms with E-state index in [0.29, 0.717) is 6.04 Å². The average molecular weight is 282 g/mol. The van der Waals surface area contributed by atoms with Gasteiger partial charge in [0.1, 0.15) is 5.60 Å². The minimum atomic E-state index is -0.429. The molecule has 20 heavy (non-hydrogen) atoms. The van der Waals surface area contributed by atoms with Crippen molar-refractivity contribution < 1.29 is 9.53 Å². The lowest BCUT2D eigenvalue weighted by molar-refractivity contribution is -0.0478. The van der Waals surface area contributed by atoms with Gasteiger partial charge in [-0.2, -0.15) is 0 Å². The first-order chi connectivity index (χ1) is 8.97. The van der Waals surface area contributed by atoms with E-state index in [1.807, 2.05) is 25.7 Å². The maximum Gasteiger partial charge on any atom is 0.411 e. The van der Waals surface area contributed by atoms with Crippen molar-refractivity contribution in [1.82, 2.24) is 9.80 Å². The summed E-state index contributed by atoms with van der Waals surface area (Å²) in [6.45, 7) is 10.2. The van der Waals surface area contributed by atoms with E-state index in [1.165, 1.54) is 0 Å². The van der Waals surface area contributed by atoms with Gasteiger partial charge >= 0.3 is 6.09 Å². The molecule has 0 aromatic carbocycles. The molecule has 0 unspecified atom stereocenters. The number of rotatable bonds is 1. The maximum absolute atomic E-state index is 12.7. The smallest absolute Gasteiger partial charge is 0.411 e. The first-order valence-electron chi connectivity index (χ1n) is 7.67. The number of ether oxygens (including phenoxy) is 1. The molecule has 3 atom stereocenters. The van der Waals surface area contributed by atoms with Gasteiger partial charge in [0.25, 0.3) is 0 Å². The van der Waals surface area contributed by atoms with Gasteiger partial charge in [0.2, 0.25) is 0 Å². The summed E-state index contributed by atoms with van der Waals surface area (Å²) in [5.41, 5.74) is -0.559. The first-order valence-corrected chi connectivity index (χ1v) is 7.67. The van der Waals surface area contributed by atoms with Crippen LogP contribution in [0.4, 0.5) is 4.79 Å². The predicted octanol–water partition coefficient (Wildman–Crippen LogP) is 3.26. The highest BCUT2D eigenvalue weighted by Gasteiger charge is 2.58. The molecule has 4 heteroatoms. The third-order valence-electron chi connectivity index (χ3n) is 4.94. The number of fused-ring (bicyclic) bond motifs is 2. The second-order valence-corrected chi connectivity index (χ2v) is 8.34. The Balaban J connectivity index is 2.25. The Hall–Kier alpha value is -0.770. The molecule has 4 nitrogen and oxygen atoms in total. The van der Waals surface area contributed by atoms with E-state index in [9.17, 15) is 4.79 Å². The van der Waals surface area contributed by atoms with Crippen molar-refractivity contribution in [2.24, 2.45) is 0 Å². The Bertz CT molecular complexity index is 382. The molecule has 2 heterocycles. The van der Waals surface area contributed by atoms with Gasteiger partial charge in [-0.15, -0.1) is 0 Å². The number of nitrogens with zero attached hydrogens (tertiary/aromatic N) is 2. The van der Waals surface area contributed by atoms with Crippen LogP contribution in [0.15, 0.2) is 0 Å². The van der Waals surface area contributed by atoms with Gasteiger partial charge in [-0.05, 0) is 74.4 Å². The van der Waals surface area contributed by atoms with Gasteiger partial charge in [-0.3, -0.25) is 4.90 Å². The van der Waals surface area contributed by atoms with Crippen molar-refractivity contribution in [2.45, 2.75) is 83.0 Å². The maximum atomic E-state index is 12.7. The summed E-state index contributed by atoms with van der Waals surface area (Å²) in [6, 6.07) is 0.547. The van der Waals surface area contributed by atoms with Crippen LogP contribution in [0.5, 0.6) is 0 Å². The molecule has 2 fully saturated rings. The van der Waals surface area contributed by atoms with Crippen molar-refractivity contribution in [2.75, 3.05) is 14.1 Å². The van der Waals surface area contributed by atoms with Crippen LogP contribution in [0.3, 0.4) is 0 Å². The van der Waals surface area contributed by atoms with Gasteiger partial charge in [-0.1, -0.05) is 0 Å². The van der Waals surface area contributed by atoms with E-state index >= 15 is 0 Å². The summed E-state index contributed by atoms with van der Waals surface area (Å²) >= 11 is 0. The summed E-state index contributed by atoms with van der Waals surface area (Å²) in [5.74, 6) is 0. The molecule has 2 saturated heterocycles. The number of hydrogen-bond acceptors (Lipinski definition) is 3. The quantitative estimate of drug-likeness (QED) is 0.740. The van der Waals surface area contributed by atoms with Crippen LogP contribution in [-0.2, 0) is 4.74 Å². The van der Waals surface area contributed by atoms with E-state index in [1.54, 1.807) is 0 Å². The van der Waals surface area contributed by atoms with Crippen molar-refractivity contribution >= 4 is 6.09 Å². The number of amides is 1. The number of carbonyl (C=O) groups excluding carboxylic acids is 1. The molecule has 2 aliphatic rings. The molecule has 0 saturated carbocycles. The largest absolute Gasteiger partial charge is 0.444 e. The fourth-order valence-corrected chi connectivity index (χ4v) is 4.00. The molecule has 0 aliphatic carbocycles. The standard InChI is InChI=1S/C16H30N2O2/c1-14(2,3)20-13(19)18-15(4)8-9-16(18,5)11-12(10-15)17(6)7/h12H,8-11H2,1-7H3/t12-,15-,16+. The lowest BCUT2D eigenvalue weighted by atomic mass is 9.82. The second-order valence-electron chi connectivity index (χ2n) is 8.34. The molecular weight excluding hydrogens is 252 g/mol. The van der Waals surface area contributed by atoms with Crippen LogP contribution >= 0.6 is 0 Å². The molecule has 0 aromatic heterocycles. The van der Waals surface area contributed by atoms with Gasteiger partial charge in [0.15, 0.2) is 0 Å². The third-order valence-corrected chi connectivity index (χ3v) is 4.94. The SMILES string of the molecule is CN(C)[C@H]1C[C@]2(C)CC[C@](C)(C1)N2C(=O)OC(C)(C)C. The summed E-state index contributed by atoms with van der Waals surface area (Å²) < 4.78 is 5.66. The topological polar surface area (TPSA) is 32.8 Å². The Morgan fingerprint density at radius 2 is 1.60 bits per heavy atom. The van der Waals surface area contributed by atoms with Crippen LogP contribution in [0, 0.1) is 0 Å². The molecule has 0 spiro atoms. The second kappa shape index (κ2) is 4.62. The highest BCUT2D eigenvalue weighted by Crippen LogP contribution is 2.51. The molecule has 116 valence electrons. The fraction of sp³-hybridized carbons (Fsp3) is 0.938. The Kier molecular flexibility index (Phi) is 3.61. The minimum Gasteiger partial charge on any atom is -0.444 e. The molecule has 0 N–H and O–H groups in total. The van der Waals surface area contributed by atoms with Gasteiger partial charge in [0.05, 0.1) is 0 Å². The van der Waals surface area contributed by atoms with E-state index in [0.717, 1.165) is 25.7 Å². The van der Waals surface area contributed by atoms with Crippen molar-refractivity contribution in [3.8, 4) is 0 Å². The van der Waals surface area contributed by atoms with Crippen LogP contribution in [0.2, 0.25) is 0 Å². The molecule has 0 aromatic rings. The first kappa shape index (κ1) is 15.6. The number of piperidine rings is 1. The summed E-state index contributed by atoms with van der Waals surface area (Å²) in [7, 11) is 4.28. The van der Waals surface area contributed by atoms with Crippen molar-refractivity contribution in [3.63, 3.8) is 0 Å². The highest BCUT2D eigenvalue weighted by atomic mass is 16.6. The highest BCUT2D eigenvalue weighted by molar-refractivity contribution is 5.71. The van der Waals surface area contributed by atoms with Crippen LogP contribution in [-0.4, -0.2) is 52.7 Å². The molecule has 2 aliphatic heterocycles. The zero-order valence-electron chi connectivity index (χ0n) is 14.1.